The highest BCUT2D eigenvalue weighted by atomic mass is 16.7. The van der Waals surface area contributed by atoms with Crippen molar-refractivity contribution < 1.29 is 9.47 Å². The lowest BCUT2D eigenvalue weighted by atomic mass is 9.78. The van der Waals surface area contributed by atoms with E-state index in [9.17, 15) is 0 Å². The molecule has 4 nitrogen and oxygen atoms in total. The highest BCUT2D eigenvalue weighted by Crippen LogP contribution is 2.36. The van der Waals surface area contributed by atoms with Crippen molar-refractivity contribution in [1.82, 2.24) is 9.88 Å². The molecule has 0 aromatic carbocycles. The molecule has 1 saturated heterocycles. The Hall–Kier alpha value is -2.01. The Balaban J connectivity index is 1.74. The van der Waals surface area contributed by atoms with Gasteiger partial charge < -0.3 is 14.4 Å². The molecule has 2 atom stereocenters. The van der Waals surface area contributed by atoms with Gasteiger partial charge in [0.25, 0.3) is 0 Å². The quantitative estimate of drug-likeness (QED) is 0.0493. The lowest BCUT2D eigenvalue weighted by Gasteiger charge is -2.35. The van der Waals surface area contributed by atoms with Gasteiger partial charge in [0.1, 0.15) is 0 Å². The molecule has 0 saturated carbocycles. The van der Waals surface area contributed by atoms with E-state index in [1.807, 2.05) is 12.4 Å². The van der Waals surface area contributed by atoms with E-state index >= 15 is 0 Å². The second-order valence-electron chi connectivity index (χ2n) is 18.3. The summed E-state index contributed by atoms with van der Waals surface area (Å²) in [6.07, 6.45) is 59.1. The minimum Gasteiger partial charge on any atom is -0.347 e. The number of hydrogen-bond acceptors (Lipinski definition) is 4. The molecular weight excluding hydrogens is 709 g/mol. The van der Waals surface area contributed by atoms with Gasteiger partial charge in [-0.25, -0.2) is 0 Å². The summed E-state index contributed by atoms with van der Waals surface area (Å²) in [5, 5.41) is 0. The van der Waals surface area contributed by atoms with Crippen molar-refractivity contribution in [1.29, 1.82) is 0 Å². The summed E-state index contributed by atoms with van der Waals surface area (Å²) in [6, 6.07) is 4.90. The summed E-state index contributed by atoms with van der Waals surface area (Å²) in [5.41, 5.74) is 1.49. The predicted octanol–water partition coefficient (Wildman–Crippen LogP) is 16.4. The van der Waals surface area contributed by atoms with Gasteiger partial charge in [-0.2, -0.15) is 0 Å². The molecule has 1 aromatic heterocycles. The third-order valence-corrected chi connectivity index (χ3v) is 12.5. The molecule has 0 amide bonds. The van der Waals surface area contributed by atoms with Crippen LogP contribution < -0.4 is 0 Å². The molecule has 0 N–H and O–H groups in total. The molecule has 0 radical (unpaired) electrons. The van der Waals surface area contributed by atoms with Crippen molar-refractivity contribution in [3.05, 3.63) is 78.7 Å². The number of aromatic nitrogens is 1. The molecule has 2 heterocycles. The van der Waals surface area contributed by atoms with Gasteiger partial charge >= 0.3 is 0 Å². The van der Waals surface area contributed by atoms with Gasteiger partial charge in [-0.1, -0.05) is 160 Å². The van der Waals surface area contributed by atoms with Gasteiger partial charge in [0.2, 0.25) is 0 Å². The average Bonchev–Trinajstić information content (AvgIpc) is 3.64. The predicted molar refractivity (Wildman–Crippen MR) is 255 cm³/mol. The minimum absolute atomic E-state index is 0.115. The van der Waals surface area contributed by atoms with Crippen molar-refractivity contribution in [2.45, 2.75) is 244 Å². The normalized spacial score (nSPS) is 18.4. The van der Waals surface area contributed by atoms with E-state index in [0.29, 0.717) is 6.04 Å². The zero-order chi connectivity index (χ0) is 41.8. The van der Waals surface area contributed by atoms with Gasteiger partial charge in [-0.3, -0.25) is 4.98 Å². The first-order chi connectivity index (χ1) is 28.4. The van der Waals surface area contributed by atoms with E-state index in [-0.39, 0.29) is 17.3 Å². The van der Waals surface area contributed by atoms with Crippen molar-refractivity contribution in [3.8, 4) is 0 Å². The lowest BCUT2D eigenvalue weighted by Crippen LogP contribution is -2.38. The minimum atomic E-state index is -0.374. The second-order valence-corrected chi connectivity index (χ2v) is 18.3. The fraction of sp³-hybridized carbons (Fsp3) is 0.759. The lowest BCUT2D eigenvalue weighted by molar-refractivity contribution is -0.180. The van der Waals surface area contributed by atoms with E-state index in [2.05, 4.69) is 112 Å². The molecule has 58 heavy (non-hydrogen) atoms. The molecule has 4 heteroatoms. The number of rotatable bonds is 38. The molecule has 1 aliphatic heterocycles. The van der Waals surface area contributed by atoms with Crippen LogP contribution in [0.25, 0.3) is 0 Å². The first kappa shape index (κ1) is 52.1. The monoisotopic (exact) mass is 803 g/mol. The van der Waals surface area contributed by atoms with Crippen molar-refractivity contribution >= 4 is 0 Å². The summed E-state index contributed by atoms with van der Waals surface area (Å²) < 4.78 is 13.6. The van der Waals surface area contributed by atoms with Crippen molar-refractivity contribution in [2.75, 3.05) is 20.2 Å². The highest BCUT2D eigenvalue weighted by molar-refractivity contribution is 5.20. The van der Waals surface area contributed by atoms with Crippen LogP contribution in [0.3, 0.4) is 0 Å². The molecule has 0 spiro atoms. The van der Waals surface area contributed by atoms with E-state index in [1.165, 1.54) is 147 Å². The Bertz CT molecular complexity index is 1140. The number of allylic oxidation sites excluding steroid dienone is 8. The first-order valence-electron chi connectivity index (χ1n) is 24.9. The molecule has 332 valence electrons. The molecular formula is C54H94N2O2. The summed E-state index contributed by atoms with van der Waals surface area (Å²) in [7, 11) is 2.31. The molecule has 2 unspecified atom stereocenters. The summed E-state index contributed by atoms with van der Waals surface area (Å²) in [5.74, 6) is -0.374. The van der Waals surface area contributed by atoms with Crippen LogP contribution in [-0.4, -0.2) is 48.0 Å². The Morgan fingerprint density at radius 1 is 0.655 bits per heavy atom. The number of nitrogens with zero attached hydrogens (tertiary/aromatic N) is 2. The van der Waals surface area contributed by atoms with Gasteiger partial charge in [-0.05, 0) is 126 Å². The van der Waals surface area contributed by atoms with Crippen LogP contribution >= 0.6 is 0 Å². The first-order valence-corrected chi connectivity index (χ1v) is 24.9. The van der Waals surface area contributed by atoms with E-state index in [0.717, 1.165) is 58.1 Å². The topological polar surface area (TPSA) is 34.6 Å². The zero-order valence-corrected chi connectivity index (χ0v) is 39.2. The molecule has 1 aromatic rings. The van der Waals surface area contributed by atoms with Crippen LogP contribution in [-0.2, 0) is 14.9 Å². The Morgan fingerprint density at radius 2 is 1.10 bits per heavy atom. The molecule has 2 rings (SSSR count). The number of unbranched alkanes of at least 4 members (excludes halogenated alkanes) is 18. The summed E-state index contributed by atoms with van der Waals surface area (Å²) >= 11 is 0. The van der Waals surface area contributed by atoms with Gasteiger partial charge in [0.05, 0.1) is 12.7 Å². The number of ether oxygens (including phenoxy) is 2. The van der Waals surface area contributed by atoms with Crippen molar-refractivity contribution in [2.24, 2.45) is 0 Å². The highest BCUT2D eigenvalue weighted by Gasteiger charge is 2.40. The van der Waals surface area contributed by atoms with Crippen LogP contribution in [0.4, 0.5) is 0 Å². The fourth-order valence-electron chi connectivity index (χ4n) is 8.56. The molecule has 1 fully saturated rings. The third-order valence-electron chi connectivity index (χ3n) is 12.5. The Morgan fingerprint density at radius 3 is 1.57 bits per heavy atom. The maximum absolute atomic E-state index is 6.95. The molecule has 0 bridgehead atoms. The van der Waals surface area contributed by atoms with Crippen LogP contribution in [0.1, 0.15) is 226 Å². The van der Waals surface area contributed by atoms with Gasteiger partial charge in [0, 0.05) is 37.8 Å². The van der Waals surface area contributed by atoms with Crippen LogP contribution in [0, 0.1) is 0 Å². The third kappa shape index (κ3) is 25.6. The zero-order valence-electron chi connectivity index (χ0n) is 39.2. The fourth-order valence-corrected chi connectivity index (χ4v) is 8.56. The van der Waals surface area contributed by atoms with Crippen LogP contribution in [0.15, 0.2) is 73.1 Å². The Labute approximate surface area is 361 Å². The van der Waals surface area contributed by atoms with E-state index < -0.39 is 0 Å². The van der Waals surface area contributed by atoms with Crippen molar-refractivity contribution in [3.63, 3.8) is 0 Å². The average molecular weight is 803 g/mol. The molecule has 1 aliphatic rings. The maximum atomic E-state index is 6.95. The standard InChI is InChI=1S/C54H94N2O2/c1-7-10-12-14-16-18-20-22-24-26-28-30-32-34-36-38-43-54(44-39-37-35-33-31-29-27-25-23-21-19-17-15-13-11-8-2)57-49-52(58-54)42-47-56(6)51(9-3)48-53(4,5)50-40-45-55-46-41-50/h16-19,22-25,40-41,45-46,51-52H,7-15,20-21,26-39,42-44,47-49H2,1-6H3. The SMILES string of the molecule is CCCCCC=CCC=CCCCCCCCCC1(CCCCCCCCC=CCC=CCCCCC)OCC(CCN(C)C(CC)CC(C)(C)c2ccncc2)O1. The maximum Gasteiger partial charge on any atom is 0.168 e. The van der Waals surface area contributed by atoms with Gasteiger partial charge in [-0.15, -0.1) is 0 Å². The number of pyridine rings is 1. The number of hydrogen-bond donors (Lipinski definition) is 0. The van der Waals surface area contributed by atoms with Crippen LogP contribution in [0.5, 0.6) is 0 Å². The second kappa shape index (κ2) is 34.7. The summed E-state index contributed by atoms with van der Waals surface area (Å²) in [6.45, 7) is 13.4. The van der Waals surface area contributed by atoms with E-state index in [1.54, 1.807) is 0 Å². The summed E-state index contributed by atoms with van der Waals surface area (Å²) in [4.78, 5) is 6.83. The Kier molecular flexibility index (Phi) is 31.2. The van der Waals surface area contributed by atoms with Gasteiger partial charge in [0.15, 0.2) is 5.79 Å². The largest absolute Gasteiger partial charge is 0.347 e. The molecule has 0 aliphatic carbocycles. The smallest absolute Gasteiger partial charge is 0.168 e. The van der Waals surface area contributed by atoms with Crippen LogP contribution in [0.2, 0.25) is 0 Å². The van der Waals surface area contributed by atoms with E-state index in [4.69, 9.17) is 9.47 Å².